The van der Waals surface area contributed by atoms with Gasteiger partial charge < -0.3 is 10.2 Å². The molecule has 1 amide bonds. The van der Waals surface area contributed by atoms with Crippen molar-refractivity contribution >= 4 is 11.9 Å². The fraction of sp³-hybridized carbons (Fsp3) is 0.353. The van der Waals surface area contributed by atoms with E-state index in [1.54, 1.807) is 24.3 Å². The van der Waals surface area contributed by atoms with E-state index >= 15 is 0 Å². The van der Waals surface area contributed by atoms with E-state index in [4.69, 9.17) is 0 Å². The first-order valence-electron chi connectivity index (χ1n) is 7.56. The average Bonchev–Trinajstić information content (AvgIpc) is 2.56. The molecule has 0 aliphatic rings. The SMILES string of the molecule is CCCCNc1ncc(C(=O)N(C)Cc2ccccc2)cn1. The standard InChI is InChI=1S/C17H22N4O/c1-3-4-10-18-17-19-11-15(12-20-17)16(22)21(2)13-14-8-6-5-7-9-14/h5-9,11-12H,3-4,10,13H2,1-2H3,(H,18,19,20). The molecule has 5 nitrogen and oxygen atoms in total. The van der Waals surface area contributed by atoms with Crippen LogP contribution in [0.4, 0.5) is 5.95 Å². The third-order valence-corrected chi connectivity index (χ3v) is 3.32. The molecule has 1 aromatic carbocycles. The summed E-state index contributed by atoms with van der Waals surface area (Å²) in [6.07, 6.45) is 5.34. The van der Waals surface area contributed by atoms with Crippen molar-refractivity contribution in [2.75, 3.05) is 18.9 Å². The molecule has 2 rings (SSSR count). The minimum atomic E-state index is -0.0797. The normalized spacial score (nSPS) is 10.3. The van der Waals surface area contributed by atoms with Crippen molar-refractivity contribution in [1.29, 1.82) is 0 Å². The molecular weight excluding hydrogens is 276 g/mol. The lowest BCUT2D eigenvalue weighted by Gasteiger charge is -2.17. The number of hydrogen-bond donors (Lipinski definition) is 1. The molecule has 0 bridgehead atoms. The van der Waals surface area contributed by atoms with Gasteiger partial charge in [-0.2, -0.15) is 0 Å². The van der Waals surface area contributed by atoms with Gasteiger partial charge in [-0.15, -0.1) is 0 Å². The fourth-order valence-corrected chi connectivity index (χ4v) is 2.06. The average molecular weight is 298 g/mol. The summed E-state index contributed by atoms with van der Waals surface area (Å²) >= 11 is 0. The van der Waals surface area contributed by atoms with E-state index in [9.17, 15) is 4.79 Å². The zero-order chi connectivity index (χ0) is 15.8. The van der Waals surface area contributed by atoms with E-state index < -0.39 is 0 Å². The lowest BCUT2D eigenvalue weighted by molar-refractivity contribution is 0.0784. The number of nitrogens with zero attached hydrogens (tertiary/aromatic N) is 3. The van der Waals surface area contributed by atoms with Crippen LogP contribution in [0.25, 0.3) is 0 Å². The first-order chi connectivity index (χ1) is 10.7. The molecule has 1 aromatic heterocycles. The molecule has 1 heterocycles. The Morgan fingerprint density at radius 3 is 2.50 bits per heavy atom. The van der Waals surface area contributed by atoms with Gasteiger partial charge in [-0.1, -0.05) is 43.7 Å². The predicted octanol–water partition coefficient (Wildman–Crippen LogP) is 2.96. The number of rotatable bonds is 7. The van der Waals surface area contributed by atoms with Gasteiger partial charge in [0.05, 0.1) is 5.56 Å². The van der Waals surface area contributed by atoms with Gasteiger partial charge in [-0.05, 0) is 12.0 Å². The van der Waals surface area contributed by atoms with Gasteiger partial charge in [0.1, 0.15) is 0 Å². The Hall–Kier alpha value is -2.43. The first kappa shape index (κ1) is 15.9. The molecular formula is C17H22N4O. The van der Waals surface area contributed by atoms with Crippen molar-refractivity contribution < 1.29 is 4.79 Å². The zero-order valence-electron chi connectivity index (χ0n) is 13.1. The van der Waals surface area contributed by atoms with Crippen LogP contribution in [-0.4, -0.2) is 34.4 Å². The lowest BCUT2D eigenvalue weighted by atomic mass is 10.2. The molecule has 22 heavy (non-hydrogen) atoms. The number of hydrogen-bond acceptors (Lipinski definition) is 4. The highest BCUT2D eigenvalue weighted by Crippen LogP contribution is 2.08. The molecule has 2 aromatic rings. The Morgan fingerprint density at radius 1 is 1.18 bits per heavy atom. The van der Waals surface area contributed by atoms with E-state index in [2.05, 4.69) is 22.2 Å². The van der Waals surface area contributed by atoms with Crippen molar-refractivity contribution in [3.05, 3.63) is 53.9 Å². The maximum Gasteiger partial charge on any atom is 0.257 e. The zero-order valence-corrected chi connectivity index (χ0v) is 13.1. The smallest absolute Gasteiger partial charge is 0.257 e. The molecule has 116 valence electrons. The van der Waals surface area contributed by atoms with Gasteiger partial charge in [0, 0.05) is 32.5 Å². The Balaban J connectivity index is 1.94. The van der Waals surface area contributed by atoms with Gasteiger partial charge in [-0.3, -0.25) is 4.79 Å². The third-order valence-electron chi connectivity index (χ3n) is 3.32. The molecule has 0 spiro atoms. The number of benzene rings is 1. The summed E-state index contributed by atoms with van der Waals surface area (Å²) in [5.41, 5.74) is 1.59. The molecule has 0 atom stereocenters. The molecule has 0 saturated heterocycles. The van der Waals surface area contributed by atoms with E-state index in [1.165, 1.54) is 0 Å². The van der Waals surface area contributed by atoms with Crippen LogP contribution in [0.3, 0.4) is 0 Å². The van der Waals surface area contributed by atoms with Crippen molar-refractivity contribution in [3.63, 3.8) is 0 Å². The largest absolute Gasteiger partial charge is 0.354 e. The van der Waals surface area contributed by atoms with Crippen LogP contribution in [0.1, 0.15) is 35.7 Å². The second kappa shape index (κ2) is 8.12. The summed E-state index contributed by atoms with van der Waals surface area (Å²) in [6.45, 7) is 3.54. The molecule has 5 heteroatoms. The summed E-state index contributed by atoms with van der Waals surface area (Å²) in [4.78, 5) is 22.4. The number of carbonyl (C=O) groups is 1. The number of nitrogens with one attached hydrogen (secondary N) is 1. The van der Waals surface area contributed by atoms with Crippen molar-refractivity contribution in [2.24, 2.45) is 0 Å². The van der Waals surface area contributed by atoms with Gasteiger partial charge in [-0.25, -0.2) is 9.97 Å². The van der Waals surface area contributed by atoms with Crippen LogP contribution in [0.5, 0.6) is 0 Å². The molecule has 0 radical (unpaired) electrons. The van der Waals surface area contributed by atoms with E-state index in [0.29, 0.717) is 18.1 Å². The Morgan fingerprint density at radius 2 is 1.86 bits per heavy atom. The van der Waals surface area contributed by atoms with Gasteiger partial charge in [0.15, 0.2) is 0 Å². The maximum atomic E-state index is 12.3. The van der Waals surface area contributed by atoms with Crippen LogP contribution in [0.2, 0.25) is 0 Å². The highest BCUT2D eigenvalue weighted by atomic mass is 16.2. The Kier molecular flexibility index (Phi) is 5.89. The highest BCUT2D eigenvalue weighted by Gasteiger charge is 2.13. The molecule has 0 aliphatic heterocycles. The number of amides is 1. The van der Waals surface area contributed by atoms with Crippen molar-refractivity contribution in [3.8, 4) is 0 Å². The van der Waals surface area contributed by atoms with Gasteiger partial charge in [0.2, 0.25) is 5.95 Å². The van der Waals surface area contributed by atoms with Crippen LogP contribution < -0.4 is 5.32 Å². The molecule has 0 fully saturated rings. The highest BCUT2D eigenvalue weighted by molar-refractivity contribution is 5.93. The van der Waals surface area contributed by atoms with Crippen LogP contribution in [0, 0.1) is 0 Å². The molecule has 0 aliphatic carbocycles. The summed E-state index contributed by atoms with van der Waals surface area (Å²) < 4.78 is 0. The van der Waals surface area contributed by atoms with Crippen LogP contribution in [0.15, 0.2) is 42.7 Å². The van der Waals surface area contributed by atoms with Crippen LogP contribution in [-0.2, 0) is 6.54 Å². The van der Waals surface area contributed by atoms with E-state index in [0.717, 1.165) is 24.9 Å². The van der Waals surface area contributed by atoms with E-state index in [1.807, 2.05) is 30.3 Å². The van der Waals surface area contributed by atoms with Gasteiger partial charge >= 0.3 is 0 Å². The minimum absolute atomic E-state index is 0.0797. The quantitative estimate of drug-likeness (QED) is 0.798. The number of unbranched alkanes of at least 4 members (excludes halogenated alkanes) is 1. The van der Waals surface area contributed by atoms with Gasteiger partial charge in [0.25, 0.3) is 5.91 Å². The second-order valence-corrected chi connectivity index (χ2v) is 5.22. The monoisotopic (exact) mass is 298 g/mol. The molecule has 1 N–H and O–H groups in total. The summed E-state index contributed by atoms with van der Waals surface area (Å²) in [5, 5.41) is 3.13. The number of anilines is 1. The number of carbonyl (C=O) groups excluding carboxylic acids is 1. The number of aromatic nitrogens is 2. The Bertz CT molecular complexity index is 583. The van der Waals surface area contributed by atoms with Crippen molar-refractivity contribution in [1.82, 2.24) is 14.9 Å². The second-order valence-electron chi connectivity index (χ2n) is 5.22. The van der Waals surface area contributed by atoms with E-state index in [-0.39, 0.29) is 5.91 Å². The predicted molar refractivity (Wildman–Crippen MR) is 87.7 cm³/mol. The molecule has 0 saturated carbocycles. The Labute approximate surface area is 131 Å². The summed E-state index contributed by atoms with van der Waals surface area (Å²) in [6, 6.07) is 9.90. The summed E-state index contributed by atoms with van der Waals surface area (Å²) in [7, 11) is 1.78. The first-order valence-corrected chi connectivity index (χ1v) is 7.56. The third kappa shape index (κ3) is 4.55. The maximum absolute atomic E-state index is 12.3. The topological polar surface area (TPSA) is 58.1 Å². The molecule has 0 unspecified atom stereocenters. The minimum Gasteiger partial charge on any atom is -0.354 e. The lowest BCUT2D eigenvalue weighted by Crippen LogP contribution is -2.26. The summed E-state index contributed by atoms with van der Waals surface area (Å²) in [5.74, 6) is 0.486. The van der Waals surface area contributed by atoms with Crippen LogP contribution >= 0.6 is 0 Å². The fourth-order valence-electron chi connectivity index (χ4n) is 2.06. The van der Waals surface area contributed by atoms with Crippen molar-refractivity contribution in [2.45, 2.75) is 26.3 Å².